The maximum Gasteiger partial charge on any atom is 0.254 e. The number of amides is 1. The van der Waals surface area contributed by atoms with Crippen molar-refractivity contribution in [1.29, 1.82) is 0 Å². The second kappa shape index (κ2) is 10.1. The standard InChI is InChI=1S/C31H30N4O2/c1-37-25-9-6-22(7-10-25)20-24-8-11-27-29(26-4-2-3-5-28(26)33-30(24)27)31(36)35-18-16-34(17-19-35)21-23-12-14-32-15-13-23/h2-7,9-10,12-15,20H,8,11,16-19,21H2,1H3/b24-20+. The van der Waals surface area contributed by atoms with E-state index in [1.807, 2.05) is 53.7 Å². The van der Waals surface area contributed by atoms with Gasteiger partial charge in [-0.05, 0) is 71.5 Å². The van der Waals surface area contributed by atoms with Gasteiger partial charge in [0, 0.05) is 50.5 Å². The first-order chi connectivity index (χ1) is 18.2. The van der Waals surface area contributed by atoms with Gasteiger partial charge in [-0.15, -0.1) is 0 Å². The molecule has 1 aliphatic heterocycles. The summed E-state index contributed by atoms with van der Waals surface area (Å²) in [6, 6.07) is 20.2. The molecule has 1 saturated heterocycles. The molecule has 1 fully saturated rings. The van der Waals surface area contributed by atoms with E-state index in [0.717, 1.165) is 84.6 Å². The maximum absolute atomic E-state index is 14.0. The van der Waals surface area contributed by atoms with Gasteiger partial charge in [0.25, 0.3) is 5.91 Å². The SMILES string of the molecule is COc1ccc(/C=C2\CCc3c2nc2ccccc2c3C(=O)N2CCN(Cc3ccncc3)CC2)cc1. The topological polar surface area (TPSA) is 58.6 Å². The van der Waals surface area contributed by atoms with Crippen molar-refractivity contribution >= 4 is 28.5 Å². The normalized spacial score (nSPS) is 16.8. The zero-order valence-corrected chi connectivity index (χ0v) is 21.1. The number of methoxy groups -OCH3 is 1. The number of nitrogens with zero attached hydrogens (tertiary/aromatic N) is 4. The van der Waals surface area contributed by atoms with Gasteiger partial charge in [0.15, 0.2) is 0 Å². The van der Waals surface area contributed by atoms with Crippen molar-refractivity contribution in [2.75, 3.05) is 33.3 Å². The Morgan fingerprint density at radius 1 is 0.946 bits per heavy atom. The molecule has 1 aliphatic carbocycles. The third-order valence-corrected chi connectivity index (χ3v) is 7.43. The number of aromatic nitrogens is 2. The van der Waals surface area contributed by atoms with Crippen LogP contribution in [0, 0.1) is 0 Å². The predicted octanol–water partition coefficient (Wildman–Crippen LogP) is 5.08. The number of allylic oxidation sites excluding steroid dienone is 1. The summed E-state index contributed by atoms with van der Waals surface area (Å²) in [5.74, 6) is 0.968. The highest BCUT2D eigenvalue weighted by Gasteiger charge is 2.30. The van der Waals surface area contributed by atoms with Gasteiger partial charge in [0.2, 0.25) is 0 Å². The molecule has 4 aromatic rings. The van der Waals surface area contributed by atoms with E-state index < -0.39 is 0 Å². The van der Waals surface area contributed by atoms with Crippen molar-refractivity contribution in [1.82, 2.24) is 19.8 Å². The molecule has 2 aromatic heterocycles. The van der Waals surface area contributed by atoms with Crippen LogP contribution in [0.4, 0.5) is 0 Å². The van der Waals surface area contributed by atoms with E-state index in [0.29, 0.717) is 0 Å². The van der Waals surface area contributed by atoms with E-state index in [1.54, 1.807) is 7.11 Å². The highest BCUT2D eigenvalue weighted by molar-refractivity contribution is 6.09. The quantitative estimate of drug-likeness (QED) is 0.390. The van der Waals surface area contributed by atoms with Crippen molar-refractivity contribution in [3.63, 3.8) is 0 Å². The Hall–Kier alpha value is -4.03. The number of ether oxygens (including phenoxy) is 1. The monoisotopic (exact) mass is 490 g/mol. The predicted molar refractivity (Wildman–Crippen MR) is 146 cm³/mol. The van der Waals surface area contributed by atoms with Gasteiger partial charge in [-0.25, -0.2) is 4.98 Å². The van der Waals surface area contributed by atoms with Crippen molar-refractivity contribution < 1.29 is 9.53 Å². The number of carbonyl (C=O) groups excluding carboxylic acids is 1. The van der Waals surface area contributed by atoms with Crippen LogP contribution < -0.4 is 4.74 Å². The number of hydrogen-bond donors (Lipinski definition) is 0. The maximum atomic E-state index is 14.0. The highest BCUT2D eigenvalue weighted by atomic mass is 16.5. The van der Waals surface area contributed by atoms with Crippen LogP contribution >= 0.6 is 0 Å². The molecule has 0 atom stereocenters. The van der Waals surface area contributed by atoms with Crippen molar-refractivity contribution in [3.05, 3.63) is 101 Å². The van der Waals surface area contributed by atoms with Gasteiger partial charge >= 0.3 is 0 Å². The number of carbonyl (C=O) groups is 1. The molecular weight excluding hydrogens is 460 g/mol. The van der Waals surface area contributed by atoms with Crippen molar-refractivity contribution in [2.45, 2.75) is 19.4 Å². The van der Waals surface area contributed by atoms with Gasteiger partial charge in [0.1, 0.15) is 5.75 Å². The van der Waals surface area contributed by atoms with Crippen molar-refractivity contribution in [3.8, 4) is 5.75 Å². The molecule has 6 heteroatoms. The summed E-state index contributed by atoms with van der Waals surface area (Å²) in [7, 11) is 1.68. The van der Waals surface area contributed by atoms with Gasteiger partial charge in [-0.3, -0.25) is 14.7 Å². The van der Waals surface area contributed by atoms with Crippen LogP contribution in [0.1, 0.15) is 39.2 Å². The second-order valence-electron chi connectivity index (χ2n) is 9.70. The number of hydrogen-bond acceptors (Lipinski definition) is 5. The zero-order valence-electron chi connectivity index (χ0n) is 21.1. The number of piperazine rings is 1. The summed E-state index contributed by atoms with van der Waals surface area (Å²) in [6.07, 6.45) is 7.57. The number of fused-ring (bicyclic) bond motifs is 2. The molecule has 0 N–H and O–H groups in total. The molecule has 6 nitrogen and oxygen atoms in total. The first-order valence-electron chi connectivity index (χ1n) is 12.9. The van der Waals surface area contributed by atoms with Crippen LogP contribution in [0.2, 0.25) is 0 Å². The summed E-state index contributed by atoms with van der Waals surface area (Å²) in [4.78, 5) is 27.6. The van der Waals surface area contributed by atoms with Crippen molar-refractivity contribution in [2.24, 2.45) is 0 Å². The Labute approximate surface area is 217 Å². The zero-order chi connectivity index (χ0) is 25.2. The fourth-order valence-corrected chi connectivity index (χ4v) is 5.44. The minimum atomic E-state index is 0.129. The molecule has 0 bridgehead atoms. The largest absolute Gasteiger partial charge is 0.497 e. The molecule has 0 unspecified atom stereocenters. The highest BCUT2D eigenvalue weighted by Crippen LogP contribution is 2.38. The first kappa shape index (κ1) is 23.4. The summed E-state index contributed by atoms with van der Waals surface area (Å²) < 4.78 is 5.30. The van der Waals surface area contributed by atoms with E-state index in [9.17, 15) is 4.79 Å². The van der Waals surface area contributed by atoms with Crippen LogP contribution in [-0.4, -0.2) is 59.0 Å². The molecular formula is C31H30N4O2. The Morgan fingerprint density at radius 2 is 1.70 bits per heavy atom. The summed E-state index contributed by atoms with van der Waals surface area (Å²) in [5.41, 5.74) is 7.31. The molecule has 186 valence electrons. The molecule has 6 rings (SSSR count). The van der Waals surface area contributed by atoms with Crippen LogP contribution in [-0.2, 0) is 13.0 Å². The van der Waals surface area contributed by atoms with Crippen LogP contribution in [0.3, 0.4) is 0 Å². The number of pyridine rings is 2. The number of para-hydroxylation sites is 1. The average molecular weight is 491 g/mol. The summed E-state index contributed by atoms with van der Waals surface area (Å²) in [5, 5.41) is 0.955. The molecule has 0 radical (unpaired) electrons. The van der Waals surface area contributed by atoms with Gasteiger partial charge in [-0.2, -0.15) is 0 Å². The van der Waals surface area contributed by atoms with Crippen LogP contribution in [0.15, 0.2) is 73.1 Å². The van der Waals surface area contributed by atoms with E-state index in [2.05, 4.69) is 40.2 Å². The fraction of sp³-hybridized carbons (Fsp3) is 0.258. The molecule has 0 spiro atoms. The minimum absolute atomic E-state index is 0.129. The lowest BCUT2D eigenvalue weighted by Crippen LogP contribution is -2.48. The number of rotatable bonds is 5. The van der Waals surface area contributed by atoms with E-state index in [1.165, 1.54) is 11.1 Å². The Kier molecular flexibility index (Phi) is 6.41. The lowest BCUT2D eigenvalue weighted by atomic mass is 9.99. The lowest BCUT2D eigenvalue weighted by molar-refractivity contribution is 0.0629. The lowest BCUT2D eigenvalue weighted by Gasteiger charge is -2.35. The second-order valence-corrected chi connectivity index (χ2v) is 9.70. The van der Waals surface area contributed by atoms with E-state index >= 15 is 0 Å². The molecule has 2 aliphatic rings. The van der Waals surface area contributed by atoms with Gasteiger partial charge in [-0.1, -0.05) is 30.3 Å². The van der Waals surface area contributed by atoms with Crippen LogP contribution in [0.5, 0.6) is 5.75 Å². The minimum Gasteiger partial charge on any atom is -0.497 e. The first-order valence-corrected chi connectivity index (χ1v) is 12.9. The molecule has 37 heavy (non-hydrogen) atoms. The molecule has 2 aromatic carbocycles. The number of benzene rings is 2. The third kappa shape index (κ3) is 4.72. The summed E-state index contributed by atoms with van der Waals surface area (Å²) >= 11 is 0. The third-order valence-electron chi connectivity index (χ3n) is 7.43. The molecule has 1 amide bonds. The molecule has 3 heterocycles. The Morgan fingerprint density at radius 3 is 2.46 bits per heavy atom. The smallest absolute Gasteiger partial charge is 0.254 e. The van der Waals surface area contributed by atoms with Crippen LogP contribution in [0.25, 0.3) is 22.6 Å². The van der Waals surface area contributed by atoms with E-state index in [4.69, 9.17) is 9.72 Å². The summed E-state index contributed by atoms with van der Waals surface area (Å²) in [6.45, 7) is 4.06. The Bertz CT molecular complexity index is 1460. The van der Waals surface area contributed by atoms with E-state index in [-0.39, 0.29) is 5.91 Å². The fourth-order valence-electron chi connectivity index (χ4n) is 5.44. The molecule has 0 saturated carbocycles. The van der Waals surface area contributed by atoms with Gasteiger partial charge in [0.05, 0.1) is 23.9 Å². The average Bonchev–Trinajstić information content (AvgIpc) is 3.34. The van der Waals surface area contributed by atoms with Gasteiger partial charge < -0.3 is 9.64 Å². The Balaban J connectivity index is 1.29.